The molecule has 0 atom stereocenters. The summed E-state index contributed by atoms with van der Waals surface area (Å²) in [5.41, 5.74) is 0.967. The van der Waals surface area contributed by atoms with Gasteiger partial charge in [0.15, 0.2) is 0 Å². The maximum Gasteiger partial charge on any atom is 0.407 e. The highest BCUT2D eigenvalue weighted by molar-refractivity contribution is 9.28. The molecular weight excluding hydrogens is 338 g/mol. The minimum atomic E-state index is -0.429. The van der Waals surface area contributed by atoms with Crippen molar-refractivity contribution >= 4 is 38.0 Å². The third-order valence-electron chi connectivity index (χ3n) is 1.72. The molecular formula is C11H11Br2NO2. The van der Waals surface area contributed by atoms with Crippen LogP contribution in [0.25, 0.3) is 0 Å². The Labute approximate surface area is 111 Å². The lowest BCUT2D eigenvalue weighted by Gasteiger charge is -2.05. The molecule has 0 saturated carbocycles. The third kappa shape index (κ3) is 5.92. The Hall–Kier alpha value is -0.810. The summed E-state index contributed by atoms with van der Waals surface area (Å²) in [6.07, 6.45) is 1.34. The number of amides is 1. The van der Waals surface area contributed by atoms with Crippen LogP contribution in [0.2, 0.25) is 0 Å². The second kappa shape index (κ2) is 7.46. The molecule has 0 radical (unpaired) electrons. The average Bonchev–Trinajstić information content (AvgIpc) is 2.27. The van der Waals surface area contributed by atoms with Gasteiger partial charge in [0, 0.05) is 6.54 Å². The van der Waals surface area contributed by atoms with Crippen molar-refractivity contribution in [2.45, 2.75) is 6.61 Å². The Balaban J connectivity index is 2.23. The first-order valence-corrected chi connectivity index (χ1v) is 6.23. The fraction of sp³-hybridized carbons (Fsp3) is 0.182. The smallest absolute Gasteiger partial charge is 0.407 e. The summed E-state index contributed by atoms with van der Waals surface area (Å²) in [4.78, 5) is 11.2. The number of hydrogen-bond acceptors (Lipinski definition) is 2. The van der Waals surface area contributed by atoms with E-state index in [1.54, 1.807) is 6.08 Å². The first kappa shape index (κ1) is 13.3. The Kier molecular flexibility index (Phi) is 6.18. The van der Waals surface area contributed by atoms with Gasteiger partial charge in [0.2, 0.25) is 0 Å². The van der Waals surface area contributed by atoms with E-state index in [-0.39, 0.29) is 6.61 Å². The van der Waals surface area contributed by atoms with Crippen LogP contribution in [0.1, 0.15) is 5.56 Å². The summed E-state index contributed by atoms with van der Waals surface area (Å²) in [6, 6.07) is 9.54. The monoisotopic (exact) mass is 347 g/mol. The standard InChI is InChI=1S/C11H11Br2NO2/c12-10(13)6-7-14-11(15)16-8-9-4-2-1-3-5-9/h1-6H,7-8H2,(H,14,15). The summed E-state index contributed by atoms with van der Waals surface area (Å²) in [5.74, 6) is 0. The van der Waals surface area contributed by atoms with Gasteiger partial charge >= 0.3 is 6.09 Å². The Bertz CT molecular complexity index is 362. The summed E-state index contributed by atoms with van der Waals surface area (Å²) < 4.78 is 5.79. The van der Waals surface area contributed by atoms with Crippen LogP contribution >= 0.6 is 31.9 Å². The zero-order chi connectivity index (χ0) is 11.8. The molecule has 16 heavy (non-hydrogen) atoms. The van der Waals surface area contributed by atoms with Crippen molar-refractivity contribution in [3.05, 3.63) is 45.4 Å². The highest BCUT2D eigenvalue weighted by Crippen LogP contribution is 2.11. The van der Waals surface area contributed by atoms with Crippen molar-refractivity contribution in [3.8, 4) is 0 Å². The van der Waals surface area contributed by atoms with E-state index in [4.69, 9.17) is 4.74 Å². The van der Waals surface area contributed by atoms with Gasteiger partial charge < -0.3 is 10.1 Å². The van der Waals surface area contributed by atoms with Crippen molar-refractivity contribution in [2.24, 2.45) is 0 Å². The molecule has 1 N–H and O–H groups in total. The number of benzene rings is 1. The molecule has 0 aromatic heterocycles. The number of alkyl carbamates (subject to hydrolysis) is 1. The van der Waals surface area contributed by atoms with Crippen LogP contribution in [0.15, 0.2) is 39.8 Å². The van der Waals surface area contributed by atoms with Crippen LogP contribution in [0.4, 0.5) is 4.79 Å². The molecule has 0 aliphatic carbocycles. The second-order valence-electron chi connectivity index (χ2n) is 2.94. The van der Waals surface area contributed by atoms with E-state index in [1.165, 1.54) is 0 Å². The molecule has 0 unspecified atom stereocenters. The van der Waals surface area contributed by atoms with Crippen LogP contribution in [-0.2, 0) is 11.3 Å². The highest BCUT2D eigenvalue weighted by Gasteiger charge is 2.00. The fourth-order valence-corrected chi connectivity index (χ4v) is 1.31. The van der Waals surface area contributed by atoms with Gasteiger partial charge in [0.1, 0.15) is 6.61 Å². The van der Waals surface area contributed by atoms with Crippen LogP contribution in [0.5, 0.6) is 0 Å². The SMILES string of the molecule is O=C(NCC=C(Br)Br)OCc1ccccc1. The molecule has 0 saturated heterocycles. The maximum absolute atomic E-state index is 11.2. The molecule has 1 aromatic carbocycles. The average molecular weight is 349 g/mol. The van der Waals surface area contributed by atoms with Crippen LogP contribution in [0.3, 0.4) is 0 Å². The maximum atomic E-state index is 11.2. The van der Waals surface area contributed by atoms with Crippen LogP contribution in [-0.4, -0.2) is 12.6 Å². The number of hydrogen-bond donors (Lipinski definition) is 1. The predicted molar refractivity (Wildman–Crippen MR) is 70.6 cm³/mol. The molecule has 0 bridgehead atoms. The highest BCUT2D eigenvalue weighted by atomic mass is 79.9. The van der Waals surface area contributed by atoms with Crippen molar-refractivity contribution in [1.29, 1.82) is 0 Å². The van der Waals surface area contributed by atoms with Gasteiger partial charge in [0.25, 0.3) is 0 Å². The fourth-order valence-electron chi connectivity index (χ4n) is 0.986. The second-order valence-corrected chi connectivity index (χ2v) is 5.71. The number of ether oxygens (including phenoxy) is 1. The van der Waals surface area contributed by atoms with E-state index in [0.717, 1.165) is 8.96 Å². The molecule has 86 valence electrons. The number of carbonyl (C=O) groups is 1. The number of halogens is 2. The molecule has 0 spiro atoms. The molecule has 1 aromatic rings. The lowest BCUT2D eigenvalue weighted by atomic mass is 10.2. The predicted octanol–water partition coefficient (Wildman–Crippen LogP) is 3.54. The number of rotatable bonds is 4. The summed E-state index contributed by atoms with van der Waals surface area (Å²) >= 11 is 6.37. The van der Waals surface area contributed by atoms with Crippen LogP contribution in [0, 0.1) is 0 Å². The van der Waals surface area contributed by atoms with Gasteiger partial charge in [-0.3, -0.25) is 0 Å². The van der Waals surface area contributed by atoms with Gasteiger partial charge in [-0.05, 0) is 43.5 Å². The Morgan fingerprint density at radius 3 is 2.62 bits per heavy atom. The van der Waals surface area contributed by atoms with E-state index in [1.807, 2.05) is 30.3 Å². The number of carbonyl (C=O) groups excluding carboxylic acids is 1. The van der Waals surface area contributed by atoms with E-state index >= 15 is 0 Å². The Morgan fingerprint density at radius 1 is 1.31 bits per heavy atom. The summed E-state index contributed by atoms with van der Waals surface area (Å²) in [7, 11) is 0. The van der Waals surface area contributed by atoms with Gasteiger partial charge in [0.05, 0.1) is 3.39 Å². The quantitative estimate of drug-likeness (QED) is 0.903. The molecule has 1 rings (SSSR count). The minimum absolute atomic E-state index is 0.284. The topological polar surface area (TPSA) is 38.3 Å². The molecule has 5 heteroatoms. The van der Waals surface area contributed by atoms with Crippen LogP contribution < -0.4 is 5.32 Å². The van der Waals surface area contributed by atoms with Crippen molar-refractivity contribution in [1.82, 2.24) is 5.32 Å². The lowest BCUT2D eigenvalue weighted by molar-refractivity contribution is 0.141. The Morgan fingerprint density at radius 2 is 2.00 bits per heavy atom. The molecule has 0 aliphatic rings. The van der Waals surface area contributed by atoms with Crippen molar-refractivity contribution < 1.29 is 9.53 Å². The van der Waals surface area contributed by atoms with Gasteiger partial charge in [-0.1, -0.05) is 30.3 Å². The van der Waals surface area contributed by atoms with E-state index in [0.29, 0.717) is 6.54 Å². The summed E-state index contributed by atoms with van der Waals surface area (Å²) in [5, 5.41) is 2.59. The zero-order valence-electron chi connectivity index (χ0n) is 8.45. The zero-order valence-corrected chi connectivity index (χ0v) is 11.6. The van der Waals surface area contributed by atoms with E-state index < -0.39 is 6.09 Å². The normalized spacial score (nSPS) is 9.38. The van der Waals surface area contributed by atoms with E-state index in [2.05, 4.69) is 37.2 Å². The van der Waals surface area contributed by atoms with E-state index in [9.17, 15) is 4.79 Å². The minimum Gasteiger partial charge on any atom is -0.445 e. The summed E-state index contributed by atoms with van der Waals surface area (Å²) in [6.45, 7) is 0.700. The van der Waals surface area contributed by atoms with Crippen molar-refractivity contribution in [3.63, 3.8) is 0 Å². The number of nitrogens with one attached hydrogen (secondary N) is 1. The first-order chi connectivity index (χ1) is 7.68. The first-order valence-electron chi connectivity index (χ1n) is 4.64. The third-order valence-corrected chi connectivity index (χ3v) is 2.36. The molecule has 1 amide bonds. The van der Waals surface area contributed by atoms with Gasteiger partial charge in [-0.15, -0.1) is 0 Å². The van der Waals surface area contributed by atoms with Gasteiger partial charge in [-0.25, -0.2) is 4.79 Å². The molecule has 0 fully saturated rings. The van der Waals surface area contributed by atoms with Crippen molar-refractivity contribution in [2.75, 3.05) is 6.54 Å². The van der Waals surface area contributed by atoms with Gasteiger partial charge in [-0.2, -0.15) is 0 Å². The molecule has 3 nitrogen and oxygen atoms in total. The molecule has 0 aliphatic heterocycles. The largest absolute Gasteiger partial charge is 0.445 e. The lowest BCUT2D eigenvalue weighted by Crippen LogP contribution is -2.24. The molecule has 0 heterocycles.